The molecule has 37 heteroatoms. The van der Waals surface area contributed by atoms with Gasteiger partial charge in [-0.15, -0.1) is 0 Å². The number of nitro groups is 1. The van der Waals surface area contributed by atoms with Gasteiger partial charge in [0.1, 0.15) is 24.2 Å². The van der Waals surface area contributed by atoms with Gasteiger partial charge in [-0.1, -0.05) is 60.7 Å². The molecule has 600 valence electrons. The Labute approximate surface area is 632 Å². The fraction of sp³-hybridized carbons (Fsp3) is 0.534. The molecular formula is C73H99FN14O22. The van der Waals surface area contributed by atoms with Crippen LogP contribution in [0.25, 0.3) is 21.5 Å². The zero-order valence-electron chi connectivity index (χ0n) is 61.0. The zero-order chi connectivity index (χ0) is 80.2. The first-order valence-corrected chi connectivity index (χ1v) is 36.5. The molecule has 15 N–H and O–H groups in total. The predicted molar refractivity (Wildman–Crippen MR) is 394 cm³/mol. The number of urea groups is 1. The van der Waals surface area contributed by atoms with Gasteiger partial charge in [-0.3, -0.25) is 77.7 Å². The van der Waals surface area contributed by atoms with Gasteiger partial charge in [-0.05, 0) is 122 Å². The van der Waals surface area contributed by atoms with Crippen LogP contribution in [0.5, 0.6) is 0 Å². The lowest BCUT2D eigenvalue weighted by Gasteiger charge is -2.32. The molecule has 2 fully saturated rings. The summed E-state index contributed by atoms with van der Waals surface area (Å²) < 4.78 is 13.8. The first-order valence-electron chi connectivity index (χ1n) is 36.5. The molecular weight excluding hydrogens is 1440 g/mol. The van der Waals surface area contributed by atoms with Crippen LogP contribution in [0, 0.1) is 22.0 Å². The van der Waals surface area contributed by atoms with Crippen LogP contribution in [0.3, 0.4) is 0 Å². The van der Waals surface area contributed by atoms with Gasteiger partial charge in [0.05, 0.1) is 44.2 Å². The Morgan fingerprint density at radius 2 is 0.973 bits per heavy atom. The fourth-order valence-corrected chi connectivity index (χ4v) is 13.0. The predicted octanol–water partition coefficient (Wildman–Crippen LogP) is 0.658. The Hall–Kier alpha value is -11.0. The third-order valence-corrected chi connectivity index (χ3v) is 19.0. The zero-order valence-corrected chi connectivity index (χ0v) is 61.0. The summed E-state index contributed by atoms with van der Waals surface area (Å²) in [4.78, 5) is 195. The first kappa shape index (κ1) is 87.9. The second-order valence-electron chi connectivity index (χ2n) is 27.3. The number of unbranched alkanes of at least 4 members (excludes halogenated alkanes) is 2. The number of non-ortho nitro benzene ring substituents is 1. The third kappa shape index (κ3) is 31.6. The average Bonchev–Trinajstić information content (AvgIpc) is 0.772. The van der Waals surface area contributed by atoms with Gasteiger partial charge >= 0.3 is 41.8 Å². The van der Waals surface area contributed by atoms with Crippen LogP contribution in [0.1, 0.15) is 94.6 Å². The molecule has 5 atom stereocenters. The number of halogens is 1. The second-order valence-corrected chi connectivity index (χ2v) is 27.3. The average molecular weight is 1540 g/mol. The molecule has 0 radical (unpaired) electrons. The van der Waals surface area contributed by atoms with Crippen LogP contribution in [-0.2, 0) is 75.2 Å². The number of benzene rings is 4. The standard InChI is InChI=1S/C73H99FN14O22/c74-55(70(102)103)38-59(72(106)107)83-73(108)82-57(71(104)105)16-6-8-27-76-69(101)58(37-54-52-13-3-1-11-49(52)36-50-12-2-4-14-53(50)54)81-67(99)48-22-18-47(19-23-48)39-77-61(90)40-79-68(100)56(80-62(91)41-78-60(89)17-9-10-46-20-24-51(25-21-46)88(109)110)15-5-7-26-75-63(92)42-84-28-30-85(43-64(93)94)32-34-87(45-66(97)98)35-33-86(31-29-84)44-65(95)96/h1-4,11-14,20-21,24-25,36,47-48,55-59H,5-10,15-19,22-23,26-35,37-45H2,(H,75,92)(H,76,101)(H,77,90)(H,78,89)(H,79,100)(H,80,91)(H,81,99)(H,93,94)(H,95,96)(H,97,98)(H,102,103)(H,104,105)(H,106,107)(H2,82,83,108)/t47?,48?,55-,56+,57+,58+,59+/m1/s1. The number of carbonyl (C=O) groups is 14. The number of nitrogens with zero attached hydrogens (tertiary/aromatic N) is 5. The van der Waals surface area contributed by atoms with E-state index in [1.54, 1.807) is 31.7 Å². The number of aliphatic carboxylic acids is 6. The number of hydrogen-bond donors (Lipinski definition) is 15. The number of nitro benzene ring substituents is 1. The van der Waals surface area contributed by atoms with Crippen molar-refractivity contribution in [2.24, 2.45) is 11.8 Å². The molecule has 9 amide bonds. The molecule has 0 unspecified atom stereocenters. The van der Waals surface area contributed by atoms with Gasteiger partial charge in [-0.25, -0.2) is 23.6 Å². The van der Waals surface area contributed by atoms with Crippen molar-refractivity contribution in [1.82, 2.24) is 67.5 Å². The highest BCUT2D eigenvalue weighted by Crippen LogP contribution is 2.32. The van der Waals surface area contributed by atoms with Gasteiger partial charge < -0.3 is 78.5 Å². The molecule has 36 nitrogen and oxygen atoms in total. The van der Waals surface area contributed by atoms with Crippen molar-refractivity contribution in [2.45, 2.75) is 127 Å². The van der Waals surface area contributed by atoms with Gasteiger partial charge in [0.25, 0.3) is 5.69 Å². The number of nitrogens with one attached hydrogen (secondary N) is 9. The highest BCUT2D eigenvalue weighted by Gasteiger charge is 2.33. The number of rotatable bonds is 43. The largest absolute Gasteiger partial charge is 0.480 e. The van der Waals surface area contributed by atoms with E-state index in [2.05, 4.69) is 42.5 Å². The van der Waals surface area contributed by atoms with Crippen LogP contribution in [-0.4, -0.2) is 280 Å². The molecule has 1 saturated carbocycles. The normalized spacial score (nSPS) is 16.8. The maximum atomic E-state index is 14.3. The molecule has 0 aromatic heterocycles. The van der Waals surface area contributed by atoms with E-state index >= 15 is 0 Å². The maximum Gasteiger partial charge on any atom is 0.338 e. The fourth-order valence-electron chi connectivity index (χ4n) is 13.0. The van der Waals surface area contributed by atoms with Crippen molar-refractivity contribution >= 4 is 110 Å². The highest BCUT2D eigenvalue weighted by molar-refractivity contribution is 6.03. The Morgan fingerprint density at radius 1 is 0.482 bits per heavy atom. The van der Waals surface area contributed by atoms with Crippen molar-refractivity contribution < 1.29 is 107 Å². The van der Waals surface area contributed by atoms with Gasteiger partial charge in [0.15, 0.2) is 6.17 Å². The number of aryl methyl sites for hydroxylation is 1. The highest BCUT2D eigenvalue weighted by atomic mass is 19.1. The van der Waals surface area contributed by atoms with E-state index in [1.807, 2.05) is 59.9 Å². The van der Waals surface area contributed by atoms with Crippen molar-refractivity contribution in [3.63, 3.8) is 0 Å². The lowest BCUT2D eigenvalue weighted by atomic mass is 9.81. The molecule has 2 aliphatic rings. The molecule has 1 aliphatic carbocycles. The molecule has 4 aromatic rings. The van der Waals surface area contributed by atoms with E-state index in [9.17, 15) is 107 Å². The molecule has 1 heterocycles. The number of fused-ring (bicyclic) bond motifs is 2. The van der Waals surface area contributed by atoms with Crippen LogP contribution in [0.2, 0.25) is 0 Å². The minimum absolute atomic E-state index is 0.00263. The molecule has 0 bridgehead atoms. The van der Waals surface area contributed by atoms with E-state index in [-0.39, 0.29) is 161 Å². The van der Waals surface area contributed by atoms with Crippen molar-refractivity contribution in [3.8, 4) is 0 Å². The summed E-state index contributed by atoms with van der Waals surface area (Å²) in [6.07, 6.45) is -0.463. The monoisotopic (exact) mass is 1540 g/mol. The SMILES string of the molecule is O=C(O)CN1CCN(CC(=O)O)CCN(CC(=O)NCCCC[C@H](NC(=O)CNC(=O)CCCc2ccc([N+](=O)[O-])cc2)C(=O)NCC(=O)NCC2CCC(C(=O)N[C@@H](Cc3c4ccccc4cc4ccccc34)C(=O)NCCCC[C@H](NC(=O)N[C@@H](C[C@@H](F)C(=O)O)C(=O)O)C(=O)O)CC2)CCN(CC(=O)O)CC1. The van der Waals surface area contributed by atoms with Crippen molar-refractivity contribution in [1.29, 1.82) is 0 Å². The Balaban J connectivity index is 1.02. The summed E-state index contributed by atoms with van der Waals surface area (Å²) in [6, 6.07) is 15.9. The van der Waals surface area contributed by atoms with E-state index < -0.39 is 138 Å². The summed E-state index contributed by atoms with van der Waals surface area (Å²) in [7, 11) is 0. The number of alkyl halides is 1. The van der Waals surface area contributed by atoms with Crippen LogP contribution in [0.15, 0.2) is 78.9 Å². The quantitative estimate of drug-likeness (QED) is 0.0125. The lowest BCUT2D eigenvalue weighted by molar-refractivity contribution is -0.384. The molecule has 6 rings (SSSR count). The Bertz CT molecular complexity index is 3780. The summed E-state index contributed by atoms with van der Waals surface area (Å²) in [6.45, 7) is -0.318. The molecule has 1 saturated heterocycles. The molecule has 4 aromatic carbocycles. The van der Waals surface area contributed by atoms with Gasteiger partial charge in [-0.2, -0.15) is 0 Å². The van der Waals surface area contributed by atoms with Crippen LogP contribution in [0.4, 0.5) is 14.9 Å². The van der Waals surface area contributed by atoms with Crippen LogP contribution >= 0.6 is 0 Å². The number of carboxylic acids is 6. The number of carboxylic acid groups (broad SMARTS) is 6. The van der Waals surface area contributed by atoms with Gasteiger partial charge in [0, 0.05) is 109 Å². The molecule has 1 aliphatic heterocycles. The second kappa shape index (κ2) is 45.7. The summed E-state index contributed by atoms with van der Waals surface area (Å²) >= 11 is 0. The maximum absolute atomic E-state index is 14.3. The number of carbonyl (C=O) groups excluding carboxylic acids is 8. The van der Waals surface area contributed by atoms with Crippen LogP contribution < -0.4 is 47.9 Å². The van der Waals surface area contributed by atoms with Crippen molar-refractivity contribution in [2.75, 3.05) is 111 Å². The minimum atomic E-state index is -2.62. The number of hydrogen-bond acceptors (Lipinski definition) is 20. The van der Waals surface area contributed by atoms with Gasteiger partial charge in [0.2, 0.25) is 41.4 Å². The third-order valence-electron chi connectivity index (χ3n) is 19.0. The molecule has 0 spiro atoms. The summed E-state index contributed by atoms with van der Waals surface area (Å²) in [5, 5.41) is 94.5. The van der Waals surface area contributed by atoms with E-state index in [0.29, 0.717) is 44.9 Å². The molecule has 110 heavy (non-hydrogen) atoms. The topological polar surface area (TPSA) is 525 Å². The Morgan fingerprint density at radius 3 is 1.49 bits per heavy atom. The summed E-state index contributed by atoms with van der Waals surface area (Å²) in [5.41, 5.74) is 1.47. The smallest absolute Gasteiger partial charge is 0.338 e. The van der Waals surface area contributed by atoms with Crippen molar-refractivity contribution in [3.05, 3.63) is 100 Å². The first-order chi connectivity index (χ1) is 52.5. The van der Waals surface area contributed by atoms with E-state index in [0.717, 1.165) is 32.7 Å². The number of amides is 9. The van der Waals surface area contributed by atoms with E-state index in [4.69, 9.17) is 5.11 Å². The van der Waals surface area contributed by atoms with E-state index in [1.165, 1.54) is 12.1 Å². The summed E-state index contributed by atoms with van der Waals surface area (Å²) in [5.74, 6) is -12.9. The minimum Gasteiger partial charge on any atom is -0.480 e. The lowest BCUT2D eigenvalue weighted by Crippen LogP contribution is -2.52. The Kier molecular flexibility index (Phi) is 36.5.